The molecule has 0 unspecified atom stereocenters. The summed E-state index contributed by atoms with van der Waals surface area (Å²) in [6.45, 7) is 11.6. The SMILES string of the molecule is C=C(/C=C(C)\C(F)=C/C)c1ccc(C)c(C)c1. The summed E-state index contributed by atoms with van der Waals surface area (Å²) in [7, 11) is 0. The number of aryl methyl sites for hydroxylation is 2. The molecule has 0 saturated carbocycles. The molecule has 90 valence electrons. The van der Waals surface area contributed by atoms with Crippen LogP contribution in [0.5, 0.6) is 0 Å². The molecule has 0 radical (unpaired) electrons. The molecular formula is C16H19F. The fourth-order valence-corrected chi connectivity index (χ4v) is 1.58. The van der Waals surface area contributed by atoms with Crippen LogP contribution in [0.1, 0.15) is 30.5 Å². The number of hydrogen-bond acceptors (Lipinski definition) is 0. The molecule has 0 aliphatic carbocycles. The second-order valence-electron chi connectivity index (χ2n) is 4.29. The van der Waals surface area contributed by atoms with E-state index in [2.05, 4.69) is 32.6 Å². The summed E-state index contributed by atoms with van der Waals surface area (Å²) in [6.07, 6.45) is 3.24. The highest BCUT2D eigenvalue weighted by Gasteiger charge is 2.01. The minimum atomic E-state index is -0.199. The van der Waals surface area contributed by atoms with Gasteiger partial charge in [-0.2, -0.15) is 0 Å². The Morgan fingerprint density at radius 3 is 2.41 bits per heavy atom. The summed E-state index contributed by atoms with van der Waals surface area (Å²) < 4.78 is 13.3. The maximum atomic E-state index is 13.3. The second-order valence-corrected chi connectivity index (χ2v) is 4.29. The average molecular weight is 230 g/mol. The summed E-state index contributed by atoms with van der Waals surface area (Å²) in [5.41, 5.74) is 4.96. The lowest BCUT2D eigenvalue weighted by molar-refractivity contribution is 0.649. The van der Waals surface area contributed by atoms with E-state index in [0.29, 0.717) is 5.57 Å². The van der Waals surface area contributed by atoms with Crippen molar-refractivity contribution in [2.45, 2.75) is 27.7 Å². The Bertz CT molecular complexity index is 490. The first kappa shape index (κ1) is 13.4. The molecule has 0 bridgehead atoms. The second kappa shape index (κ2) is 5.62. The van der Waals surface area contributed by atoms with Gasteiger partial charge in [0.15, 0.2) is 0 Å². The van der Waals surface area contributed by atoms with Crippen molar-refractivity contribution in [3.8, 4) is 0 Å². The molecule has 0 aliphatic rings. The summed E-state index contributed by atoms with van der Waals surface area (Å²) >= 11 is 0. The highest BCUT2D eigenvalue weighted by molar-refractivity contribution is 5.74. The van der Waals surface area contributed by atoms with E-state index in [1.54, 1.807) is 19.9 Å². The summed E-state index contributed by atoms with van der Waals surface area (Å²) in [4.78, 5) is 0. The first-order valence-electron chi connectivity index (χ1n) is 5.72. The third-order valence-corrected chi connectivity index (χ3v) is 2.90. The predicted octanol–water partition coefficient (Wildman–Crippen LogP) is 5.14. The summed E-state index contributed by atoms with van der Waals surface area (Å²) in [6, 6.07) is 6.15. The van der Waals surface area contributed by atoms with Crippen molar-refractivity contribution in [1.29, 1.82) is 0 Å². The lowest BCUT2D eigenvalue weighted by atomic mass is 10.00. The molecule has 1 aromatic rings. The minimum Gasteiger partial charge on any atom is -0.207 e. The van der Waals surface area contributed by atoms with Crippen molar-refractivity contribution in [1.82, 2.24) is 0 Å². The fraction of sp³-hybridized carbons (Fsp3) is 0.250. The molecule has 0 saturated heterocycles. The quantitative estimate of drug-likeness (QED) is 0.631. The van der Waals surface area contributed by atoms with Crippen LogP contribution in [0.2, 0.25) is 0 Å². The van der Waals surface area contributed by atoms with Gasteiger partial charge in [-0.3, -0.25) is 0 Å². The molecule has 0 aliphatic heterocycles. The molecular weight excluding hydrogens is 211 g/mol. The lowest BCUT2D eigenvalue weighted by Gasteiger charge is -2.06. The number of hydrogen-bond donors (Lipinski definition) is 0. The molecule has 0 spiro atoms. The average Bonchev–Trinajstić information content (AvgIpc) is 2.31. The third kappa shape index (κ3) is 3.42. The Labute approximate surface area is 103 Å². The Morgan fingerprint density at radius 1 is 1.24 bits per heavy atom. The Kier molecular flexibility index (Phi) is 4.45. The number of halogens is 1. The molecule has 1 heteroatoms. The zero-order valence-electron chi connectivity index (χ0n) is 11.0. The maximum absolute atomic E-state index is 13.3. The molecule has 0 fully saturated rings. The van der Waals surface area contributed by atoms with Gasteiger partial charge in [0.05, 0.1) is 0 Å². The summed E-state index contributed by atoms with van der Waals surface area (Å²) in [5.74, 6) is -0.199. The zero-order valence-corrected chi connectivity index (χ0v) is 11.0. The van der Waals surface area contributed by atoms with Gasteiger partial charge in [-0.25, -0.2) is 4.39 Å². The molecule has 0 atom stereocenters. The van der Waals surface area contributed by atoms with Gasteiger partial charge in [0.25, 0.3) is 0 Å². The van der Waals surface area contributed by atoms with Crippen LogP contribution in [0.3, 0.4) is 0 Å². The zero-order chi connectivity index (χ0) is 13.0. The van der Waals surface area contributed by atoms with Gasteiger partial charge in [-0.15, -0.1) is 0 Å². The molecule has 0 aromatic heterocycles. The fourth-order valence-electron chi connectivity index (χ4n) is 1.58. The van der Waals surface area contributed by atoms with Crippen LogP contribution in [0.25, 0.3) is 5.57 Å². The molecule has 0 nitrogen and oxygen atoms in total. The van der Waals surface area contributed by atoms with E-state index in [-0.39, 0.29) is 5.83 Å². The van der Waals surface area contributed by atoms with Gasteiger partial charge in [0.2, 0.25) is 0 Å². The highest BCUT2D eigenvalue weighted by Crippen LogP contribution is 2.21. The van der Waals surface area contributed by atoms with Crippen LogP contribution < -0.4 is 0 Å². The van der Waals surface area contributed by atoms with Crippen molar-refractivity contribution >= 4 is 5.57 Å². The largest absolute Gasteiger partial charge is 0.207 e. The van der Waals surface area contributed by atoms with Crippen LogP contribution in [0.15, 0.2) is 48.3 Å². The minimum absolute atomic E-state index is 0.199. The van der Waals surface area contributed by atoms with Gasteiger partial charge < -0.3 is 0 Å². The van der Waals surface area contributed by atoms with Crippen molar-refractivity contribution in [3.05, 3.63) is 65.0 Å². The van der Waals surface area contributed by atoms with Gasteiger partial charge >= 0.3 is 0 Å². The van der Waals surface area contributed by atoms with E-state index in [1.807, 2.05) is 6.07 Å². The van der Waals surface area contributed by atoms with Crippen LogP contribution >= 0.6 is 0 Å². The van der Waals surface area contributed by atoms with E-state index < -0.39 is 0 Å². The van der Waals surface area contributed by atoms with Crippen LogP contribution in [-0.2, 0) is 0 Å². The third-order valence-electron chi connectivity index (χ3n) is 2.90. The van der Waals surface area contributed by atoms with Crippen molar-refractivity contribution < 1.29 is 4.39 Å². The molecule has 0 N–H and O–H groups in total. The van der Waals surface area contributed by atoms with Gasteiger partial charge in [0.1, 0.15) is 5.83 Å². The number of benzene rings is 1. The first-order chi connectivity index (χ1) is 7.95. The van der Waals surface area contributed by atoms with Crippen molar-refractivity contribution in [2.75, 3.05) is 0 Å². The molecule has 17 heavy (non-hydrogen) atoms. The molecule has 1 aromatic carbocycles. The van der Waals surface area contributed by atoms with Gasteiger partial charge in [-0.1, -0.05) is 30.9 Å². The molecule has 0 heterocycles. The lowest BCUT2D eigenvalue weighted by Crippen LogP contribution is -1.86. The van der Waals surface area contributed by atoms with Crippen molar-refractivity contribution in [2.24, 2.45) is 0 Å². The van der Waals surface area contributed by atoms with E-state index in [4.69, 9.17) is 0 Å². The Morgan fingerprint density at radius 2 is 1.88 bits per heavy atom. The van der Waals surface area contributed by atoms with E-state index in [1.165, 1.54) is 17.2 Å². The van der Waals surface area contributed by atoms with E-state index in [9.17, 15) is 4.39 Å². The van der Waals surface area contributed by atoms with E-state index >= 15 is 0 Å². The topological polar surface area (TPSA) is 0 Å². The monoisotopic (exact) mass is 230 g/mol. The van der Waals surface area contributed by atoms with Crippen LogP contribution in [0, 0.1) is 13.8 Å². The Balaban J connectivity index is 3.02. The molecule has 1 rings (SSSR count). The van der Waals surface area contributed by atoms with Crippen LogP contribution in [0.4, 0.5) is 4.39 Å². The number of allylic oxidation sites excluding steroid dienone is 5. The molecule has 0 amide bonds. The van der Waals surface area contributed by atoms with Crippen LogP contribution in [-0.4, -0.2) is 0 Å². The smallest absolute Gasteiger partial charge is 0.121 e. The number of rotatable bonds is 3. The maximum Gasteiger partial charge on any atom is 0.121 e. The standard InChI is InChI=1S/C16H19F/c1-6-16(17)14(5)9-13(4)15-8-7-11(2)12(3)10-15/h6-10H,4H2,1-3,5H3/b14-9-,16-6+. The predicted molar refractivity (Wildman–Crippen MR) is 73.6 cm³/mol. The van der Waals surface area contributed by atoms with Gasteiger partial charge in [-0.05, 0) is 61.6 Å². The normalized spacial score (nSPS) is 12.8. The highest BCUT2D eigenvalue weighted by atomic mass is 19.1. The summed E-state index contributed by atoms with van der Waals surface area (Å²) in [5, 5.41) is 0. The Hall–Kier alpha value is -1.63. The van der Waals surface area contributed by atoms with E-state index in [0.717, 1.165) is 11.1 Å². The van der Waals surface area contributed by atoms with Crippen molar-refractivity contribution in [3.63, 3.8) is 0 Å². The van der Waals surface area contributed by atoms with Gasteiger partial charge in [0, 0.05) is 0 Å². The first-order valence-corrected chi connectivity index (χ1v) is 5.72.